The number of thioether (sulfide) groups is 1. The first-order valence-corrected chi connectivity index (χ1v) is 6.73. The van der Waals surface area contributed by atoms with Crippen LogP contribution in [-0.4, -0.2) is 15.6 Å². The van der Waals surface area contributed by atoms with Crippen molar-refractivity contribution < 1.29 is 4.39 Å². The van der Waals surface area contributed by atoms with Crippen LogP contribution in [0, 0.1) is 18.2 Å². The highest BCUT2D eigenvalue weighted by Gasteiger charge is 2.11. The molecule has 19 heavy (non-hydrogen) atoms. The number of nitrogens with one attached hydrogen (secondary N) is 1. The Balaban J connectivity index is 2.18. The average Bonchev–Trinajstić information content (AvgIpc) is 2.66. The van der Waals surface area contributed by atoms with Crippen LogP contribution in [0.1, 0.15) is 16.8 Å². The molecular weight excluding hydrogens is 263 g/mol. The predicted octanol–water partition coefficient (Wildman–Crippen LogP) is 2.44. The maximum absolute atomic E-state index is 14.1. The van der Waals surface area contributed by atoms with Gasteiger partial charge in [0.2, 0.25) is 0 Å². The number of rotatable bonds is 4. The van der Waals surface area contributed by atoms with Crippen LogP contribution in [0.3, 0.4) is 0 Å². The topological polar surface area (TPSA) is 67.7 Å². The van der Waals surface area contributed by atoms with Crippen LogP contribution in [0.25, 0.3) is 0 Å². The lowest BCUT2D eigenvalue weighted by molar-refractivity contribution is 0.614. The van der Waals surface area contributed by atoms with Gasteiger partial charge in [0.1, 0.15) is 11.7 Å². The highest BCUT2D eigenvalue weighted by atomic mass is 32.2. The lowest BCUT2D eigenvalue weighted by Gasteiger charge is -2.07. The van der Waals surface area contributed by atoms with Gasteiger partial charge in [0.15, 0.2) is 0 Å². The molecule has 0 aliphatic rings. The molecule has 1 aromatic carbocycles. The molecule has 6 heteroatoms. The molecule has 0 aliphatic carbocycles. The number of nitrogen functional groups attached to an aromatic ring is 1. The summed E-state index contributed by atoms with van der Waals surface area (Å²) < 4.78 is 15.8. The van der Waals surface area contributed by atoms with Crippen LogP contribution in [0.2, 0.25) is 0 Å². The highest BCUT2D eigenvalue weighted by molar-refractivity contribution is 7.98. The molecule has 1 heterocycles. The van der Waals surface area contributed by atoms with Gasteiger partial charge in [-0.2, -0.15) is 5.10 Å². The maximum Gasteiger partial charge on any atom is 0.138 e. The Bertz CT molecular complexity index is 621. The van der Waals surface area contributed by atoms with Crippen LogP contribution in [0.5, 0.6) is 0 Å². The Kier molecular flexibility index (Phi) is 3.90. The number of halogens is 1. The second kappa shape index (κ2) is 5.44. The molecule has 0 spiro atoms. The Hall–Kier alpha value is -1.82. The van der Waals surface area contributed by atoms with Gasteiger partial charge in [0, 0.05) is 12.8 Å². The fourth-order valence-electron chi connectivity index (χ4n) is 1.77. The van der Waals surface area contributed by atoms with E-state index in [0.717, 1.165) is 10.7 Å². The van der Waals surface area contributed by atoms with Crippen molar-refractivity contribution in [2.45, 2.75) is 17.7 Å². The summed E-state index contributed by atoms with van der Waals surface area (Å²) in [6.07, 6.45) is 0. The van der Waals surface area contributed by atoms with Crippen LogP contribution in [0.4, 0.5) is 4.39 Å². The third-order valence-electron chi connectivity index (χ3n) is 2.70. The minimum absolute atomic E-state index is 0.152. The van der Waals surface area contributed by atoms with E-state index in [-0.39, 0.29) is 11.4 Å². The summed E-state index contributed by atoms with van der Waals surface area (Å²) in [5.74, 6) is -0.187. The zero-order valence-corrected chi connectivity index (χ0v) is 11.6. The number of nitrogens with zero attached hydrogens (tertiary/aromatic N) is 2. The minimum atomic E-state index is -0.415. The number of hydrogen-bond donors (Lipinski definition) is 2. The summed E-state index contributed by atoms with van der Waals surface area (Å²) >= 11 is 1.50. The molecule has 0 amide bonds. The summed E-state index contributed by atoms with van der Waals surface area (Å²) in [4.78, 5) is 0. The van der Waals surface area contributed by atoms with Crippen molar-refractivity contribution in [3.8, 4) is 0 Å². The second-order valence-electron chi connectivity index (χ2n) is 4.23. The monoisotopic (exact) mass is 278 g/mol. The minimum Gasteiger partial charge on any atom is -0.384 e. The van der Waals surface area contributed by atoms with Gasteiger partial charge >= 0.3 is 0 Å². The van der Waals surface area contributed by atoms with Crippen molar-refractivity contribution >= 4 is 17.6 Å². The highest BCUT2D eigenvalue weighted by Crippen LogP contribution is 2.25. The Morgan fingerprint density at radius 3 is 2.84 bits per heavy atom. The number of nitrogens with two attached hydrogens (primary N) is 1. The molecule has 1 aromatic heterocycles. The predicted molar refractivity (Wildman–Crippen MR) is 74.9 cm³/mol. The zero-order valence-electron chi connectivity index (χ0n) is 10.8. The normalized spacial score (nSPS) is 10.7. The summed E-state index contributed by atoms with van der Waals surface area (Å²) in [5.41, 5.74) is 6.96. The molecule has 4 nitrogen and oxygen atoms in total. The van der Waals surface area contributed by atoms with E-state index < -0.39 is 5.82 Å². The molecule has 0 saturated carbocycles. The Morgan fingerprint density at radius 1 is 1.53 bits per heavy atom. The second-order valence-corrected chi connectivity index (χ2v) is 5.22. The van der Waals surface area contributed by atoms with E-state index in [1.54, 1.807) is 16.8 Å². The fraction of sp³-hybridized carbons (Fsp3) is 0.231. The Morgan fingerprint density at radius 2 is 2.26 bits per heavy atom. The van der Waals surface area contributed by atoms with E-state index in [0.29, 0.717) is 11.3 Å². The van der Waals surface area contributed by atoms with Gasteiger partial charge in [0.25, 0.3) is 0 Å². The molecule has 0 atom stereocenters. The van der Waals surface area contributed by atoms with Gasteiger partial charge in [-0.1, -0.05) is 12.1 Å². The van der Waals surface area contributed by atoms with Gasteiger partial charge in [-0.15, -0.1) is 11.8 Å². The third kappa shape index (κ3) is 2.96. The molecule has 0 unspecified atom stereocenters. The summed E-state index contributed by atoms with van der Waals surface area (Å²) in [6, 6.07) is 6.89. The van der Waals surface area contributed by atoms with E-state index in [4.69, 9.17) is 11.1 Å². The third-order valence-corrected chi connectivity index (χ3v) is 3.84. The molecule has 3 N–H and O–H groups in total. The summed E-state index contributed by atoms with van der Waals surface area (Å²) in [5, 5.41) is 12.5. The van der Waals surface area contributed by atoms with Crippen molar-refractivity contribution in [1.82, 2.24) is 9.78 Å². The number of benzene rings is 1. The average molecular weight is 278 g/mol. The lowest BCUT2D eigenvalue weighted by atomic mass is 10.1. The molecule has 0 saturated heterocycles. The molecule has 0 fully saturated rings. The van der Waals surface area contributed by atoms with Gasteiger partial charge < -0.3 is 5.73 Å². The molecule has 2 aromatic rings. The van der Waals surface area contributed by atoms with Crippen LogP contribution < -0.4 is 5.73 Å². The number of aromatic nitrogens is 2. The van der Waals surface area contributed by atoms with Gasteiger partial charge in [-0.25, -0.2) is 4.39 Å². The lowest BCUT2D eigenvalue weighted by Crippen LogP contribution is -2.14. The van der Waals surface area contributed by atoms with E-state index in [1.165, 1.54) is 17.8 Å². The molecule has 0 aliphatic heterocycles. The fourth-order valence-corrected chi connectivity index (χ4v) is 2.78. The van der Waals surface area contributed by atoms with E-state index in [9.17, 15) is 4.39 Å². The van der Waals surface area contributed by atoms with Gasteiger partial charge in [-0.3, -0.25) is 10.1 Å². The number of hydrogen-bond acceptors (Lipinski definition) is 3. The quantitative estimate of drug-likeness (QED) is 0.513. The van der Waals surface area contributed by atoms with Crippen molar-refractivity contribution in [3.05, 3.63) is 46.9 Å². The first kappa shape index (κ1) is 13.6. The van der Waals surface area contributed by atoms with Gasteiger partial charge in [0.05, 0.1) is 16.3 Å². The van der Waals surface area contributed by atoms with Crippen LogP contribution in [-0.2, 0) is 12.8 Å². The van der Waals surface area contributed by atoms with E-state index >= 15 is 0 Å². The Labute approximate surface area is 115 Å². The van der Waals surface area contributed by atoms with E-state index in [2.05, 4.69) is 5.10 Å². The molecular formula is C13H15FN4S. The van der Waals surface area contributed by atoms with Crippen molar-refractivity contribution in [2.24, 2.45) is 12.8 Å². The van der Waals surface area contributed by atoms with E-state index in [1.807, 2.05) is 20.0 Å². The number of amidine groups is 1. The van der Waals surface area contributed by atoms with Crippen LogP contribution >= 0.6 is 11.8 Å². The summed E-state index contributed by atoms with van der Waals surface area (Å²) in [6.45, 7) is 1.92. The SMILES string of the molecule is Cc1cc(SCc2cccc(C(=N)N)c2F)n(C)n1. The summed E-state index contributed by atoms with van der Waals surface area (Å²) in [7, 11) is 1.86. The number of aryl methyl sites for hydroxylation is 2. The first-order chi connectivity index (χ1) is 8.99. The molecule has 0 bridgehead atoms. The first-order valence-electron chi connectivity index (χ1n) is 5.74. The smallest absolute Gasteiger partial charge is 0.138 e. The van der Waals surface area contributed by atoms with Crippen molar-refractivity contribution in [1.29, 1.82) is 5.41 Å². The molecule has 100 valence electrons. The molecule has 2 rings (SSSR count). The largest absolute Gasteiger partial charge is 0.384 e. The van der Waals surface area contributed by atoms with Gasteiger partial charge in [-0.05, 0) is 24.6 Å². The standard InChI is InChI=1S/C13H15FN4S/c1-8-6-11(18(2)17-8)19-7-9-4-3-5-10(12(9)14)13(15)16/h3-6H,7H2,1-2H3,(H3,15,16). The maximum atomic E-state index is 14.1. The van der Waals surface area contributed by atoms with Crippen molar-refractivity contribution in [2.75, 3.05) is 0 Å². The zero-order chi connectivity index (χ0) is 14.0. The van der Waals surface area contributed by atoms with Crippen LogP contribution in [0.15, 0.2) is 29.3 Å². The molecule has 0 radical (unpaired) electrons. The van der Waals surface area contributed by atoms with Crippen molar-refractivity contribution in [3.63, 3.8) is 0 Å².